The van der Waals surface area contributed by atoms with Gasteiger partial charge in [-0.1, -0.05) is 18.2 Å². The molecule has 0 radical (unpaired) electrons. The van der Waals surface area contributed by atoms with Crippen LogP contribution in [0.25, 0.3) is 0 Å². The van der Waals surface area contributed by atoms with Gasteiger partial charge in [0.1, 0.15) is 17.7 Å². The third-order valence-electron chi connectivity index (χ3n) is 5.24. The molecule has 1 fully saturated rings. The molecule has 0 aromatic heterocycles. The first-order valence-electron chi connectivity index (χ1n) is 11.4. The van der Waals surface area contributed by atoms with Crippen LogP contribution in [0, 0.1) is 13.8 Å². The number of ether oxygens (including phenoxy) is 1. The standard InChI is InChI=1S/C25H39N3O4S/c1-15-9-10-17(13-16(15)2)20(21(29)27-24(3,4)5)28(18-11-12-18)22(30)19(14-33)26-23(31)32-25(6,7)8/h9-10,13,18-20,33H,11-12,14H2,1-8H3,(H,26,31)(H,27,29). The molecule has 2 unspecified atom stereocenters. The Kier molecular flexibility index (Phi) is 8.49. The molecule has 1 aromatic rings. The van der Waals surface area contributed by atoms with E-state index < -0.39 is 29.3 Å². The van der Waals surface area contributed by atoms with Gasteiger partial charge in [-0.2, -0.15) is 12.6 Å². The van der Waals surface area contributed by atoms with Crippen LogP contribution in [0.15, 0.2) is 18.2 Å². The van der Waals surface area contributed by atoms with Gasteiger partial charge in [0.2, 0.25) is 11.8 Å². The Morgan fingerprint density at radius 3 is 2.15 bits per heavy atom. The Morgan fingerprint density at radius 2 is 1.70 bits per heavy atom. The summed E-state index contributed by atoms with van der Waals surface area (Å²) in [6, 6.07) is 4.02. The smallest absolute Gasteiger partial charge is 0.408 e. The minimum atomic E-state index is -0.916. The monoisotopic (exact) mass is 477 g/mol. The Balaban J connectivity index is 2.43. The summed E-state index contributed by atoms with van der Waals surface area (Å²) in [7, 11) is 0. The lowest BCUT2D eigenvalue weighted by Crippen LogP contribution is -2.55. The molecule has 0 heterocycles. The van der Waals surface area contributed by atoms with Crippen LogP contribution in [-0.4, -0.2) is 51.8 Å². The Bertz CT molecular complexity index is 885. The molecule has 1 aromatic carbocycles. The van der Waals surface area contributed by atoms with Gasteiger partial charge in [-0.25, -0.2) is 4.79 Å². The maximum absolute atomic E-state index is 13.7. The van der Waals surface area contributed by atoms with Gasteiger partial charge in [-0.15, -0.1) is 0 Å². The molecule has 2 rings (SSSR count). The van der Waals surface area contributed by atoms with E-state index in [1.807, 2.05) is 52.8 Å². The van der Waals surface area contributed by atoms with Gasteiger partial charge < -0.3 is 20.3 Å². The number of thiol groups is 1. The first kappa shape index (κ1) is 27.0. The first-order chi connectivity index (χ1) is 15.1. The average Bonchev–Trinajstić information content (AvgIpc) is 3.48. The maximum Gasteiger partial charge on any atom is 0.408 e. The maximum atomic E-state index is 13.7. The molecule has 0 saturated heterocycles. The third kappa shape index (κ3) is 7.95. The number of aryl methyl sites for hydroxylation is 2. The number of hydrogen-bond acceptors (Lipinski definition) is 5. The predicted molar refractivity (Wildman–Crippen MR) is 133 cm³/mol. The number of carbonyl (C=O) groups is 3. The molecule has 33 heavy (non-hydrogen) atoms. The lowest BCUT2D eigenvalue weighted by Gasteiger charge is -2.36. The van der Waals surface area contributed by atoms with E-state index in [1.165, 1.54) is 0 Å². The van der Waals surface area contributed by atoms with Crippen molar-refractivity contribution in [3.8, 4) is 0 Å². The summed E-state index contributed by atoms with van der Waals surface area (Å²) < 4.78 is 5.33. The molecule has 7 nitrogen and oxygen atoms in total. The fraction of sp³-hybridized carbons (Fsp3) is 0.640. The second-order valence-electron chi connectivity index (χ2n) is 10.8. The quantitative estimate of drug-likeness (QED) is 0.517. The molecule has 8 heteroatoms. The van der Waals surface area contributed by atoms with E-state index in [2.05, 4.69) is 23.3 Å². The number of nitrogens with zero attached hydrogens (tertiary/aromatic N) is 1. The molecular weight excluding hydrogens is 438 g/mol. The lowest BCUT2D eigenvalue weighted by molar-refractivity contribution is -0.143. The van der Waals surface area contributed by atoms with Crippen LogP contribution in [0.1, 0.15) is 77.1 Å². The van der Waals surface area contributed by atoms with E-state index in [0.717, 1.165) is 29.5 Å². The van der Waals surface area contributed by atoms with Gasteiger partial charge in [0.05, 0.1) is 0 Å². The summed E-state index contributed by atoms with van der Waals surface area (Å²) in [5, 5.41) is 5.67. The summed E-state index contributed by atoms with van der Waals surface area (Å²) in [6.45, 7) is 15.0. The molecule has 3 amide bonds. The van der Waals surface area contributed by atoms with Gasteiger partial charge in [0.15, 0.2) is 0 Å². The summed E-state index contributed by atoms with van der Waals surface area (Å²) >= 11 is 4.31. The highest BCUT2D eigenvalue weighted by Gasteiger charge is 2.44. The number of amides is 3. The number of nitrogens with one attached hydrogen (secondary N) is 2. The highest BCUT2D eigenvalue weighted by molar-refractivity contribution is 7.80. The lowest BCUT2D eigenvalue weighted by atomic mass is 9.97. The minimum absolute atomic E-state index is 0.0716. The highest BCUT2D eigenvalue weighted by atomic mass is 32.1. The van der Waals surface area contributed by atoms with Crippen LogP contribution < -0.4 is 10.6 Å². The zero-order valence-corrected chi connectivity index (χ0v) is 22.0. The van der Waals surface area contributed by atoms with Crippen LogP contribution in [0.2, 0.25) is 0 Å². The number of benzene rings is 1. The van der Waals surface area contributed by atoms with Crippen molar-refractivity contribution in [2.24, 2.45) is 0 Å². The van der Waals surface area contributed by atoms with Crippen LogP contribution in [0.4, 0.5) is 4.79 Å². The third-order valence-corrected chi connectivity index (χ3v) is 5.60. The van der Waals surface area contributed by atoms with E-state index in [4.69, 9.17) is 4.74 Å². The summed E-state index contributed by atoms with van der Waals surface area (Å²) in [5.41, 5.74) is 1.74. The van der Waals surface area contributed by atoms with Crippen LogP contribution in [0.5, 0.6) is 0 Å². The second kappa shape index (κ2) is 10.4. The molecule has 184 valence electrons. The van der Waals surface area contributed by atoms with Gasteiger partial charge >= 0.3 is 6.09 Å². The van der Waals surface area contributed by atoms with E-state index >= 15 is 0 Å². The summed E-state index contributed by atoms with van der Waals surface area (Å²) in [6.07, 6.45) is 0.927. The van der Waals surface area contributed by atoms with Crippen molar-refractivity contribution >= 4 is 30.5 Å². The zero-order chi connectivity index (χ0) is 25.1. The number of hydrogen-bond donors (Lipinski definition) is 3. The molecule has 0 bridgehead atoms. The molecule has 1 saturated carbocycles. The largest absolute Gasteiger partial charge is 0.444 e. The van der Waals surface area contributed by atoms with Crippen molar-refractivity contribution in [2.45, 2.75) is 97.5 Å². The first-order valence-corrected chi connectivity index (χ1v) is 12.1. The summed E-state index contributed by atoms with van der Waals surface area (Å²) in [4.78, 5) is 41.2. The number of alkyl carbamates (subject to hydrolysis) is 1. The van der Waals surface area contributed by atoms with Crippen LogP contribution >= 0.6 is 12.6 Å². The number of carbonyl (C=O) groups excluding carboxylic acids is 3. The SMILES string of the molecule is Cc1ccc(C(C(=O)NC(C)(C)C)N(C(=O)C(CS)NC(=O)OC(C)(C)C)C2CC2)cc1C. The van der Waals surface area contributed by atoms with Crippen molar-refractivity contribution in [3.63, 3.8) is 0 Å². The molecule has 2 N–H and O–H groups in total. The average molecular weight is 478 g/mol. The van der Waals surface area contributed by atoms with Gasteiger partial charge in [-0.05, 0) is 84.9 Å². The highest BCUT2D eigenvalue weighted by Crippen LogP contribution is 2.36. The molecule has 0 spiro atoms. The molecule has 1 aliphatic rings. The van der Waals surface area contributed by atoms with Gasteiger partial charge in [0, 0.05) is 17.3 Å². The minimum Gasteiger partial charge on any atom is -0.444 e. The van der Waals surface area contributed by atoms with Gasteiger partial charge in [-0.3, -0.25) is 9.59 Å². The zero-order valence-electron chi connectivity index (χ0n) is 21.1. The van der Waals surface area contributed by atoms with E-state index in [0.29, 0.717) is 0 Å². The predicted octanol–water partition coefficient (Wildman–Crippen LogP) is 4.07. The number of rotatable bonds is 7. The van der Waals surface area contributed by atoms with E-state index in [-0.39, 0.29) is 23.6 Å². The normalized spacial score (nSPS) is 15.9. The van der Waals surface area contributed by atoms with Gasteiger partial charge in [0.25, 0.3) is 0 Å². The van der Waals surface area contributed by atoms with Crippen LogP contribution in [-0.2, 0) is 14.3 Å². The Hall–Kier alpha value is -2.22. The molecule has 0 aliphatic heterocycles. The van der Waals surface area contributed by atoms with E-state index in [9.17, 15) is 14.4 Å². The molecule has 1 aliphatic carbocycles. The van der Waals surface area contributed by atoms with Crippen molar-refractivity contribution in [1.29, 1.82) is 0 Å². The van der Waals surface area contributed by atoms with Crippen molar-refractivity contribution in [1.82, 2.24) is 15.5 Å². The van der Waals surface area contributed by atoms with Crippen molar-refractivity contribution in [3.05, 3.63) is 34.9 Å². The van der Waals surface area contributed by atoms with Crippen molar-refractivity contribution < 1.29 is 19.1 Å². The second-order valence-corrected chi connectivity index (χ2v) is 11.2. The topological polar surface area (TPSA) is 87.7 Å². The fourth-order valence-corrected chi connectivity index (χ4v) is 3.74. The summed E-state index contributed by atoms with van der Waals surface area (Å²) in [5.74, 6) is -0.506. The molecular formula is C25H39N3O4S. The van der Waals surface area contributed by atoms with Crippen molar-refractivity contribution in [2.75, 3.05) is 5.75 Å². The fourth-order valence-electron chi connectivity index (χ4n) is 3.50. The Labute approximate surface area is 203 Å². The molecule has 2 atom stereocenters. The van der Waals surface area contributed by atoms with E-state index in [1.54, 1.807) is 25.7 Å². The van der Waals surface area contributed by atoms with Crippen LogP contribution in [0.3, 0.4) is 0 Å². The Morgan fingerprint density at radius 1 is 1.09 bits per heavy atom.